The highest BCUT2D eigenvalue weighted by molar-refractivity contribution is 9.10. The highest BCUT2D eigenvalue weighted by atomic mass is 79.9. The molecule has 0 aliphatic carbocycles. The lowest BCUT2D eigenvalue weighted by Gasteiger charge is -2.07. The number of anilines is 1. The summed E-state index contributed by atoms with van der Waals surface area (Å²) in [5.41, 5.74) is 7.85. The van der Waals surface area contributed by atoms with Crippen molar-refractivity contribution in [2.24, 2.45) is 0 Å². The first-order valence-corrected chi connectivity index (χ1v) is 6.36. The molecule has 0 atom stereocenters. The van der Waals surface area contributed by atoms with Gasteiger partial charge in [-0.2, -0.15) is 0 Å². The highest BCUT2D eigenvalue weighted by Crippen LogP contribution is 2.24. The van der Waals surface area contributed by atoms with E-state index in [-0.39, 0.29) is 0 Å². The Hall–Kier alpha value is -2.15. The Morgan fingerprint density at radius 2 is 2.05 bits per heavy atom. The minimum Gasteiger partial charge on any atom is -0.486 e. The van der Waals surface area contributed by atoms with Crippen molar-refractivity contribution >= 4 is 32.9 Å². The second kappa shape index (κ2) is 4.85. The second-order valence-corrected chi connectivity index (χ2v) is 4.89. The number of pyridine rings is 1. The van der Waals surface area contributed by atoms with Crippen LogP contribution in [0.25, 0.3) is 11.2 Å². The van der Waals surface area contributed by atoms with Crippen molar-refractivity contribution in [2.45, 2.75) is 6.61 Å². The van der Waals surface area contributed by atoms with Crippen LogP contribution in [0.1, 0.15) is 5.56 Å². The van der Waals surface area contributed by atoms with E-state index in [0.717, 1.165) is 10.0 Å². The number of rotatable bonds is 3. The van der Waals surface area contributed by atoms with Crippen molar-refractivity contribution in [3.05, 3.63) is 40.4 Å². The molecule has 0 saturated carbocycles. The lowest BCUT2D eigenvalue weighted by molar-refractivity contribution is 0.309. The molecule has 6 nitrogen and oxygen atoms in total. The van der Waals surface area contributed by atoms with Crippen LogP contribution in [0, 0.1) is 0 Å². The summed E-state index contributed by atoms with van der Waals surface area (Å²) in [4.78, 5) is 4.07. The van der Waals surface area contributed by atoms with Crippen LogP contribution >= 0.6 is 15.9 Å². The third kappa shape index (κ3) is 2.50. The van der Waals surface area contributed by atoms with Crippen LogP contribution in [-0.2, 0) is 6.61 Å². The summed E-state index contributed by atoms with van der Waals surface area (Å²) in [6.45, 7) is 0.429. The normalized spacial score (nSPS) is 10.8. The summed E-state index contributed by atoms with van der Waals surface area (Å²) < 4.78 is 6.76. The van der Waals surface area contributed by atoms with Crippen molar-refractivity contribution in [3.63, 3.8) is 0 Å². The quantitative estimate of drug-likeness (QED) is 0.773. The maximum atomic E-state index is 5.73. The maximum absolute atomic E-state index is 5.73. The SMILES string of the molecule is Nc1cc(OCc2ccc(Br)cc2)c2nn[nH]c2n1. The molecule has 7 heteroatoms. The van der Waals surface area contributed by atoms with Gasteiger partial charge in [-0.15, -0.1) is 5.10 Å². The third-order valence-corrected chi connectivity index (χ3v) is 3.12. The Bertz CT molecular complexity index is 710. The zero-order valence-electron chi connectivity index (χ0n) is 9.80. The topological polar surface area (TPSA) is 89.7 Å². The molecule has 96 valence electrons. The number of halogens is 1. The van der Waals surface area contributed by atoms with E-state index in [4.69, 9.17) is 10.5 Å². The highest BCUT2D eigenvalue weighted by Gasteiger charge is 2.09. The van der Waals surface area contributed by atoms with Crippen LogP contribution in [-0.4, -0.2) is 20.4 Å². The van der Waals surface area contributed by atoms with Crippen LogP contribution in [0.3, 0.4) is 0 Å². The monoisotopic (exact) mass is 319 g/mol. The zero-order valence-corrected chi connectivity index (χ0v) is 11.4. The first-order valence-electron chi connectivity index (χ1n) is 5.57. The number of aromatic nitrogens is 4. The van der Waals surface area contributed by atoms with Crippen molar-refractivity contribution < 1.29 is 4.74 Å². The predicted molar refractivity (Wildman–Crippen MR) is 74.6 cm³/mol. The molecule has 1 aromatic carbocycles. The van der Waals surface area contributed by atoms with E-state index in [2.05, 4.69) is 36.3 Å². The molecule has 3 N–H and O–H groups in total. The summed E-state index contributed by atoms with van der Waals surface area (Å²) in [5.74, 6) is 0.934. The standard InChI is InChI=1S/C12H10BrN5O/c13-8-3-1-7(2-4-8)6-19-9-5-10(14)15-12-11(9)16-18-17-12/h1-5H,6H2,(H3,14,15,16,17,18). The number of nitrogens with one attached hydrogen (secondary N) is 1. The van der Waals surface area contributed by atoms with Gasteiger partial charge in [0.15, 0.2) is 16.9 Å². The van der Waals surface area contributed by atoms with Crippen LogP contribution in [0.2, 0.25) is 0 Å². The first-order chi connectivity index (χ1) is 9.22. The van der Waals surface area contributed by atoms with Gasteiger partial charge in [-0.1, -0.05) is 33.3 Å². The molecule has 0 radical (unpaired) electrons. The van der Waals surface area contributed by atoms with E-state index >= 15 is 0 Å². The van der Waals surface area contributed by atoms with Gasteiger partial charge in [0.05, 0.1) is 0 Å². The fourth-order valence-electron chi connectivity index (χ4n) is 1.68. The molecular formula is C12H10BrN5O. The summed E-state index contributed by atoms with van der Waals surface area (Å²) in [6.07, 6.45) is 0. The van der Waals surface area contributed by atoms with Gasteiger partial charge in [-0.3, -0.25) is 0 Å². The number of hydrogen-bond donors (Lipinski definition) is 2. The minimum atomic E-state index is 0.365. The molecule has 0 aliphatic rings. The van der Waals surface area contributed by atoms with Crippen LogP contribution in [0.5, 0.6) is 5.75 Å². The first kappa shape index (κ1) is 11.9. The number of fused-ring (bicyclic) bond motifs is 1. The zero-order chi connectivity index (χ0) is 13.2. The molecule has 3 aromatic rings. The molecule has 0 fully saturated rings. The van der Waals surface area contributed by atoms with E-state index in [1.807, 2.05) is 24.3 Å². The van der Waals surface area contributed by atoms with Gasteiger partial charge in [0, 0.05) is 10.5 Å². The molecule has 0 aliphatic heterocycles. The molecule has 2 heterocycles. The van der Waals surface area contributed by atoms with Gasteiger partial charge in [-0.05, 0) is 17.7 Å². The van der Waals surface area contributed by atoms with Crippen molar-refractivity contribution in [1.29, 1.82) is 0 Å². The second-order valence-electron chi connectivity index (χ2n) is 3.97. The molecule has 2 aromatic heterocycles. The molecule has 0 saturated heterocycles. The largest absolute Gasteiger partial charge is 0.486 e. The molecular weight excluding hydrogens is 310 g/mol. The summed E-state index contributed by atoms with van der Waals surface area (Å²) >= 11 is 3.39. The van der Waals surface area contributed by atoms with Gasteiger partial charge in [0.1, 0.15) is 12.4 Å². The van der Waals surface area contributed by atoms with E-state index in [1.165, 1.54) is 0 Å². The van der Waals surface area contributed by atoms with E-state index < -0.39 is 0 Å². The number of nitrogens with zero attached hydrogens (tertiary/aromatic N) is 3. The third-order valence-electron chi connectivity index (χ3n) is 2.59. The summed E-state index contributed by atoms with van der Waals surface area (Å²) in [5, 5.41) is 10.3. The number of H-pyrrole nitrogens is 1. The summed E-state index contributed by atoms with van der Waals surface area (Å²) in [7, 11) is 0. The van der Waals surface area contributed by atoms with Gasteiger partial charge >= 0.3 is 0 Å². The van der Waals surface area contributed by atoms with Gasteiger partial charge in [0.25, 0.3) is 0 Å². The smallest absolute Gasteiger partial charge is 0.181 e. The van der Waals surface area contributed by atoms with Gasteiger partial charge in [0.2, 0.25) is 0 Å². The Labute approximate surface area is 117 Å². The van der Waals surface area contributed by atoms with Crippen LogP contribution in [0.4, 0.5) is 5.82 Å². The number of ether oxygens (including phenoxy) is 1. The molecule has 0 spiro atoms. The Balaban J connectivity index is 1.85. The lowest BCUT2D eigenvalue weighted by atomic mass is 10.2. The fraction of sp³-hybridized carbons (Fsp3) is 0.0833. The number of nitrogens with two attached hydrogens (primary N) is 1. The minimum absolute atomic E-state index is 0.365. The fourth-order valence-corrected chi connectivity index (χ4v) is 1.95. The molecule has 19 heavy (non-hydrogen) atoms. The molecule has 0 bridgehead atoms. The van der Waals surface area contributed by atoms with Crippen molar-refractivity contribution in [1.82, 2.24) is 20.4 Å². The number of aromatic amines is 1. The van der Waals surface area contributed by atoms with E-state index in [9.17, 15) is 0 Å². The van der Waals surface area contributed by atoms with Crippen LogP contribution in [0.15, 0.2) is 34.8 Å². The molecule has 3 rings (SSSR count). The Kier molecular flexibility index (Phi) is 3.04. The number of nitrogen functional groups attached to an aromatic ring is 1. The number of benzene rings is 1. The maximum Gasteiger partial charge on any atom is 0.181 e. The summed E-state index contributed by atoms with van der Waals surface area (Å²) in [6, 6.07) is 9.53. The van der Waals surface area contributed by atoms with Crippen molar-refractivity contribution in [3.8, 4) is 5.75 Å². The molecule has 0 unspecified atom stereocenters. The average Bonchev–Trinajstić information content (AvgIpc) is 2.85. The Morgan fingerprint density at radius 1 is 1.26 bits per heavy atom. The average molecular weight is 320 g/mol. The van der Waals surface area contributed by atoms with Gasteiger partial charge < -0.3 is 10.5 Å². The van der Waals surface area contributed by atoms with E-state index in [1.54, 1.807) is 6.07 Å². The Morgan fingerprint density at radius 3 is 2.84 bits per heavy atom. The molecule has 0 amide bonds. The van der Waals surface area contributed by atoms with Crippen molar-refractivity contribution in [2.75, 3.05) is 5.73 Å². The lowest BCUT2D eigenvalue weighted by Crippen LogP contribution is -1.98. The number of hydrogen-bond acceptors (Lipinski definition) is 5. The van der Waals surface area contributed by atoms with E-state index in [0.29, 0.717) is 29.3 Å². The van der Waals surface area contributed by atoms with Crippen LogP contribution < -0.4 is 10.5 Å². The predicted octanol–water partition coefficient (Wildman–Crippen LogP) is 2.28. The van der Waals surface area contributed by atoms with Gasteiger partial charge in [-0.25, -0.2) is 10.1 Å².